The third-order valence-electron chi connectivity index (χ3n) is 2.96. The first-order chi connectivity index (χ1) is 11.2. The normalized spacial score (nSPS) is 11.1. The van der Waals surface area contributed by atoms with E-state index in [1.807, 2.05) is 17.5 Å². The van der Waals surface area contributed by atoms with Gasteiger partial charge in [0, 0.05) is 12.1 Å². The average Bonchev–Trinajstić information content (AvgIpc) is 3.26. The number of thiophene rings is 1. The molecular formula is C13H7N5O2S3. The van der Waals surface area contributed by atoms with Crippen LogP contribution in [0, 0.1) is 10.1 Å². The molecule has 0 aliphatic heterocycles. The lowest BCUT2D eigenvalue weighted by atomic mass is 10.3. The molecule has 0 saturated carbocycles. The van der Waals surface area contributed by atoms with Crippen molar-refractivity contribution in [3.63, 3.8) is 0 Å². The van der Waals surface area contributed by atoms with E-state index in [0.717, 1.165) is 25.3 Å². The van der Waals surface area contributed by atoms with E-state index < -0.39 is 4.92 Å². The Morgan fingerprint density at radius 2 is 2.17 bits per heavy atom. The fourth-order valence-corrected chi connectivity index (χ4v) is 4.52. The summed E-state index contributed by atoms with van der Waals surface area (Å²) in [7, 11) is 0. The lowest BCUT2D eigenvalue weighted by molar-refractivity contribution is -0.384. The molecule has 0 amide bonds. The number of nitro benzene ring substituents is 1. The van der Waals surface area contributed by atoms with Gasteiger partial charge < -0.3 is 0 Å². The van der Waals surface area contributed by atoms with Crippen molar-refractivity contribution < 1.29 is 4.92 Å². The zero-order valence-electron chi connectivity index (χ0n) is 11.3. The number of fused-ring (bicyclic) bond motifs is 1. The highest BCUT2D eigenvalue weighted by Crippen LogP contribution is 2.35. The molecule has 0 bridgehead atoms. The van der Waals surface area contributed by atoms with Crippen molar-refractivity contribution in [2.75, 3.05) is 0 Å². The van der Waals surface area contributed by atoms with Crippen LogP contribution in [0.5, 0.6) is 0 Å². The van der Waals surface area contributed by atoms with Crippen LogP contribution in [0.4, 0.5) is 5.69 Å². The molecule has 7 nitrogen and oxygen atoms in total. The molecule has 1 N–H and O–H groups in total. The van der Waals surface area contributed by atoms with E-state index in [9.17, 15) is 10.1 Å². The van der Waals surface area contributed by atoms with Crippen LogP contribution in [0.25, 0.3) is 20.9 Å². The molecule has 0 aliphatic carbocycles. The highest BCUT2D eigenvalue weighted by molar-refractivity contribution is 8.01. The number of hydrogen-bond acceptors (Lipinski definition) is 8. The van der Waals surface area contributed by atoms with Gasteiger partial charge in [-0.15, -0.1) is 27.8 Å². The Hall–Kier alpha value is -2.30. The van der Waals surface area contributed by atoms with Crippen molar-refractivity contribution in [2.45, 2.75) is 9.50 Å². The number of H-pyrrole nitrogens is 1. The smallest absolute Gasteiger partial charge is 0.258 e. The summed E-state index contributed by atoms with van der Waals surface area (Å²) in [6.07, 6.45) is 0. The predicted molar refractivity (Wildman–Crippen MR) is 90.1 cm³/mol. The molecule has 4 rings (SSSR count). The van der Waals surface area contributed by atoms with Crippen molar-refractivity contribution in [1.82, 2.24) is 20.2 Å². The number of nitrogens with zero attached hydrogens (tertiary/aromatic N) is 4. The zero-order valence-corrected chi connectivity index (χ0v) is 13.7. The Morgan fingerprint density at radius 3 is 2.96 bits per heavy atom. The summed E-state index contributed by atoms with van der Waals surface area (Å²) in [6, 6.07) is 8.57. The van der Waals surface area contributed by atoms with E-state index in [1.54, 1.807) is 17.4 Å². The van der Waals surface area contributed by atoms with Crippen LogP contribution in [0.15, 0.2) is 45.2 Å². The van der Waals surface area contributed by atoms with E-state index >= 15 is 0 Å². The van der Waals surface area contributed by atoms with Crippen molar-refractivity contribution in [3.8, 4) is 10.7 Å². The monoisotopic (exact) mass is 361 g/mol. The van der Waals surface area contributed by atoms with Gasteiger partial charge in [0.1, 0.15) is 0 Å². The number of aromatic nitrogens is 4. The number of hydrogen-bond donors (Lipinski definition) is 1. The summed E-state index contributed by atoms with van der Waals surface area (Å²) in [5, 5.41) is 20.4. The largest absolute Gasteiger partial charge is 0.270 e. The summed E-state index contributed by atoms with van der Waals surface area (Å²) in [4.78, 5) is 20.3. The predicted octanol–water partition coefficient (Wildman–Crippen LogP) is 4.20. The number of nitrogens with one attached hydrogen (secondary N) is 1. The highest BCUT2D eigenvalue weighted by Gasteiger charge is 2.13. The van der Waals surface area contributed by atoms with E-state index in [1.165, 1.54) is 35.2 Å². The third-order valence-corrected chi connectivity index (χ3v) is 5.78. The van der Waals surface area contributed by atoms with Gasteiger partial charge in [0.25, 0.3) is 5.69 Å². The van der Waals surface area contributed by atoms with E-state index in [0.29, 0.717) is 5.16 Å². The van der Waals surface area contributed by atoms with Crippen LogP contribution in [0.3, 0.4) is 0 Å². The van der Waals surface area contributed by atoms with Crippen molar-refractivity contribution in [2.24, 2.45) is 0 Å². The minimum Gasteiger partial charge on any atom is -0.258 e. The second kappa shape index (κ2) is 5.72. The van der Waals surface area contributed by atoms with Gasteiger partial charge in [0.15, 0.2) is 10.2 Å². The summed E-state index contributed by atoms with van der Waals surface area (Å²) in [5.74, 6) is 0.722. The molecule has 1 aromatic carbocycles. The van der Waals surface area contributed by atoms with Crippen LogP contribution in [-0.2, 0) is 0 Å². The Labute approximate surface area is 141 Å². The standard InChI is InChI=1S/C13H7N5O2S3/c19-18(20)7-3-4-8-10(6-7)22-13(14-8)23-12-15-11(16-17-12)9-2-1-5-21-9/h1-6H,(H,15,16,17). The minimum atomic E-state index is -0.408. The van der Waals surface area contributed by atoms with Crippen molar-refractivity contribution in [1.29, 1.82) is 0 Å². The maximum Gasteiger partial charge on any atom is 0.270 e. The van der Waals surface area contributed by atoms with E-state index in [4.69, 9.17) is 0 Å². The number of non-ortho nitro benzene ring substituents is 1. The summed E-state index contributed by atoms with van der Waals surface area (Å²) >= 11 is 4.30. The molecule has 10 heteroatoms. The first-order valence-corrected chi connectivity index (χ1v) is 8.89. The number of benzene rings is 1. The minimum absolute atomic E-state index is 0.0653. The van der Waals surface area contributed by atoms with Gasteiger partial charge in [-0.05, 0) is 29.3 Å². The molecule has 0 atom stereocenters. The van der Waals surface area contributed by atoms with Crippen molar-refractivity contribution >= 4 is 50.3 Å². The molecule has 23 heavy (non-hydrogen) atoms. The maximum absolute atomic E-state index is 10.8. The number of nitro groups is 1. The van der Waals surface area contributed by atoms with Crippen LogP contribution < -0.4 is 0 Å². The Bertz CT molecular complexity index is 992. The molecule has 3 heterocycles. The molecule has 3 aromatic heterocycles. The second-order valence-electron chi connectivity index (χ2n) is 4.43. The highest BCUT2D eigenvalue weighted by atomic mass is 32.2. The van der Waals surface area contributed by atoms with Gasteiger partial charge >= 0.3 is 0 Å². The molecule has 0 fully saturated rings. The van der Waals surface area contributed by atoms with Gasteiger partial charge in [-0.25, -0.2) is 9.97 Å². The van der Waals surface area contributed by atoms with Gasteiger partial charge in [-0.2, -0.15) is 0 Å². The van der Waals surface area contributed by atoms with Gasteiger partial charge in [-0.3, -0.25) is 15.2 Å². The molecule has 0 unspecified atom stereocenters. The topological polar surface area (TPSA) is 97.6 Å². The lowest BCUT2D eigenvalue weighted by Gasteiger charge is -1.88. The van der Waals surface area contributed by atoms with Gasteiger partial charge in [0.2, 0.25) is 5.16 Å². The molecule has 114 valence electrons. The number of rotatable bonds is 4. The fraction of sp³-hybridized carbons (Fsp3) is 0. The van der Waals surface area contributed by atoms with Crippen LogP contribution in [-0.4, -0.2) is 25.1 Å². The second-order valence-corrected chi connectivity index (χ2v) is 7.63. The van der Waals surface area contributed by atoms with Gasteiger partial charge in [0.05, 0.1) is 20.0 Å². The molecular weight excluding hydrogens is 354 g/mol. The Morgan fingerprint density at radius 1 is 1.26 bits per heavy atom. The van der Waals surface area contributed by atoms with Crippen LogP contribution in [0.2, 0.25) is 0 Å². The fourth-order valence-electron chi connectivity index (χ4n) is 1.94. The van der Waals surface area contributed by atoms with Crippen molar-refractivity contribution in [3.05, 3.63) is 45.8 Å². The Kier molecular flexibility index (Phi) is 3.56. The molecule has 0 spiro atoms. The first kappa shape index (κ1) is 14.3. The number of aromatic amines is 1. The van der Waals surface area contributed by atoms with Crippen LogP contribution >= 0.6 is 34.4 Å². The quantitative estimate of drug-likeness (QED) is 0.432. The summed E-state index contributed by atoms with van der Waals surface area (Å²) < 4.78 is 1.52. The molecule has 0 saturated heterocycles. The molecule has 0 radical (unpaired) electrons. The number of thiazole rings is 1. The summed E-state index contributed by atoms with van der Waals surface area (Å²) in [6.45, 7) is 0. The lowest BCUT2D eigenvalue weighted by Crippen LogP contribution is -1.85. The average molecular weight is 361 g/mol. The maximum atomic E-state index is 10.8. The molecule has 0 aliphatic rings. The van der Waals surface area contributed by atoms with Gasteiger partial charge in [-0.1, -0.05) is 6.07 Å². The van der Waals surface area contributed by atoms with Crippen LogP contribution in [0.1, 0.15) is 0 Å². The Balaban J connectivity index is 1.61. The zero-order chi connectivity index (χ0) is 15.8. The first-order valence-electron chi connectivity index (χ1n) is 6.38. The SMILES string of the molecule is O=[N+]([O-])c1ccc2nc(Sc3n[nH]c(-c4cccs4)n3)sc2c1. The summed E-state index contributed by atoms with van der Waals surface area (Å²) in [5.41, 5.74) is 0.799. The molecule has 4 aromatic rings. The third kappa shape index (κ3) is 2.83. The van der Waals surface area contributed by atoms with E-state index in [2.05, 4.69) is 20.2 Å². The van der Waals surface area contributed by atoms with E-state index in [-0.39, 0.29) is 5.69 Å².